The number of fused-ring (bicyclic) bond motifs is 1. The maximum absolute atomic E-state index is 11.8. The van der Waals surface area contributed by atoms with Crippen molar-refractivity contribution >= 4 is 54.5 Å². The summed E-state index contributed by atoms with van der Waals surface area (Å²) in [5, 5.41) is 3.28. The van der Waals surface area contributed by atoms with Gasteiger partial charge in [0, 0.05) is 0 Å². The van der Waals surface area contributed by atoms with Crippen molar-refractivity contribution in [3.8, 4) is 0 Å². The Labute approximate surface area is 134 Å². The summed E-state index contributed by atoms with van der Waals surface area (Å²) in [6, 6.07) is 5.15. The molecular formula is C14H15BrN2O3S. The molecule has 1 N–H and O–H groups in total. The fourth-order valence-corrected chi connectivity index (χ4v) is 2.71. The highest BCUT2D eigenvalue weighted by Crippen LogP contribution is 2.27. The lowest BCUT2D eigenvalue weighted by Gasteiger charge is -2.04. The minimum absolute atomic E-state index is 0.123. The molecule has 0 fully saturated rings. The number of alkyl halides is 1. The van der Waals surface area contributed by atoms with Crippen LogP contribution in [-0.4, -0.2) is 28.3 Å². The van der Waals surface area contributed by atoms with E-state index in [0.717, 1.165) is 10.2 Å². The Morgan fingerprint density at radius 2 is 2.19 bits per heavy atom. The van der Waals surface area contributed by atoms with Gasteiger partial charge in [-0.15, -0.1) is 0 Å². The molecule has 5 nitrogen and oxygen atoms in total. The Hall–Kier alpha value is -1.47. The van der Waals surface area contributed by atoms with Gasteiger partial charge in [0.15, 0.2) is 5.13 Å². The predicted molar refractivity (Wildman–Crippen MR) is 87.2 cm³/mol. The Bertz CT molecular complexity index is 671. The number of carbonyl (C=O) groups is 2. The number of anilines is 1. The standard InChI is InChI=1S/C14H15BrN2O3S/c1-3-9(15)12(18)17-14-16-10-6-5-8(7-11(10)21-14)13(19)20-4-2/h5-7,9H,3-4H2,1-2H3,(H,16,17,18). The van der Waals surface area contributed by atoms with Crippen LogP contribution in [0, 0.1) is 0 Å². The maximum Gasteiger partial charge on any atom is 0.338 e. The highest BCUT2D eigenvalue weighted by atomic mass is 79.9. The van der Waals surface area contributed by atoms with Crippen LogP contribution < -0.4 is 5.32 Å². The van der Waals surface area contributed by atoms with E-state index in [1.807, 2.05) is 6.92 Å². The number of rotatable bonds is 5. The van der Waals surface area contributed by atoms with Gasteiger partial charge in [0.2, 0.25) is 5.91 Å². The van der Waals surface area contributed by atoms with Gasteiger partial charge < -0.3 is 10.1 Å². The fourth-order valence-electron chi connectivity index (χ4n) is 1.69. The lowest BCUT2D eigenvalue weighted by atomic mass is 10.2. The Balaban J connectivity index is 2.22. The topological polar surface area (TPSA) is 68.3 Å². The first-order valence-electron chi connectivity index (χ1n) is 6.57. The third kappa shape index (κ3) is 3.79. The van der Waals surface area contributed by atoms with Gasteiger partial charge in [0.25, 0.3) is 0 Å². The van der Waals surface area contributed by atoms with Crippen molar-refractivity contribution in [2.24, 2.45) is 0 Å². The second kappa shape index (κ2) is 7.00. The fraction of sp³-hybridized carbons (Fsp3) is 0.357. The second-order valence-corrected chi connectivity index (χ2v) is 6.42. The van der Waals surface area contributed by atoms with Gasteiger partial charge in [0.05, 0.1) is 27.2 Å². The summed E-state index contributed by atoms with van der Waals surface area (Å²) in [5.41, 5.74) is 1.23. The van der Waals surface area contributed by atoms with Crippen molar-refractivity contribution in [1.82, 2.24) is 4.98 Å². The van der Waals surface area contributed by atoms with E-state index in [-0.39, 0.29) is 16.7 Å². The molecule has 1 aromatic heterocycles. The zero-order chi connectivity index (χ0) is 15.4. The first kappa shape index (κ1) is 15.9. The normalized spacial score (nSPS) is 12.1. The Morgan fingerprint density at radius 1 is 1.43 bits per heavy atom. The number of halogens is 1. The van der Waals surface area contributed by atoms with Crippen LogP contribution in [0.5, 0.6) is 0 Å². The number of amides is 1. The predicted octanol–water partition coefficient (Wildman–Crippen LogP) is 3.59. The van der Waals surface area contributed by atoms with Crippen LogP contribution in [0.3, 0.4) is 0 Å². The molecule has 1 amide bonds. The number of carbonyl (C=O) groups excluding carboxylic acids is 2. The number of thiazole rings is 1. The maximum atomic E-state index is 11.8. The molecule has 0 bridgehead atoms. The number of esters is 1. The number of hydrogen-bond donors (Lipinski definition) is 1. The Kier molecular flexibility index (Phi) is 5.30. The van der Waals surface area contributed by atoms with E-state index >= 15 is 0 Å². The first-order valence-corrected chi connectivity index (χ1v) is 8.31. The van der Waals surface area contributed by atoms with Gasteiger partial charge in [-0.3, -0.25) is 4.79 Å². The number of ether oxygens (including phenoxy) is 1. The van der Waals surface area contributed by atoms with Gasteiger partial charge in [-0.25, -0.2) is 9.78 Å². The lowest BCUT2D eigenvalue weighted by molar-refractivity contribution is -0.115. The molecule has 0 saturated heterocycles. The van der Waals surface area contributed by atoms with E-state index in [1.54, 1.807) is 25.1 Å². The van der Waals surface area contributed by atoms with Crippen LogP contribution in [0.1, 0.15) is 30.6 Å². The average molecular weight is 371 g/mol. The third-order valence-electron chi connectivity index (χ3n) is 2.77. The molecule has 2 rings (SSSR count). The molecule has 7 heteroatoms. The van der Waals surface area contributed by atoms with E-state index in [2.05, 4.69) is 26.2 Å². The largest absolute Gasteiger partial charge is 0.462 e. The van der Waals surface area contributed by atoms with Crippen LogP contribution in [-0.2, 0) is 9.53 Å². The number of nitrogens with zero attached hydrogens (tertiary/aromatic N) is 1. The molecule has 1 heterocycles. The molecule has 0 aliphatic rings. The molecule has 0 aliphatic heterocycles. The van der Waals surface area contributed by atoms with Crippen LogP contribution >= 0.6 is 27.3 Å². The van der Waals surface area contributed by atoms with E-state index in [4.69, 9.17) is 4.74 Å². The van der Waals surface area contributed by atoms with Gasteiger partial charge in [-0.1, -0.05) is 34.2 Å². The Morgan fingerprint density at radius 3 is 2.86 bits per heavy atom. The number of hydrogen-bond acceptors (Lipinski definition) is 5. The molecule has 1 aromatic carbocycles. The van der Waals surface area contributed by atoms with E-state index in [0.29, 0.717) is 23.7 Å². The van der Waals surface area contributed by atoms with Crippen molar-refractivity contribution in [3.63, 3.8) is 0 Å². The molecule has 2 aromatic rings. The number of benzene rings is 1. The van der Waals surface area contributed by atoms with Gasteiger partial charge in [-0.05, 0) is 31.5 Å². The summed E-state index contributed by atoms with van der Waals surface area (Å²) in [6.45, 7) is 4.02. The van der Waals surface area contributed by atoms with Gasteiger partial charge in [0.1, 0.15) is 0 Å². The molecule has 21 heavy (non-hydrogen) atoms. The molecule has 0 radical (unpaired) electrons. The lowest BCUT2D eigenvalue weighted by Crippen LogP contribution is -2.21. The summed E-state index contributed by atoms with van der Waals surface area (Å²) >= 11 is 4.63. The third-order valence-corrected chi connectivity index (χ3v) is 4.77. The molecule has 0 saturated carbocycles. The van der Waals surface area contributed by atoms with Gasteiger partial charge >= 0.3 is 5.97 Å². The van der Waals surface area contributed by atoms with Crippen molar-refractivity contribution < 1.29 is 14.3 Å². The van der Waals surface area contributed by atoms with Crippen molar-refractivity contribution in [2.75, 3.05) is 11.9 Å². The van der Waals surface area contributed by atoms with Crippen LogP contribution in [0.25, 0.3) is 10.2 Å². The number of aromatic nitrogens is 1. The highest BCUT2D eigenvalue weighted by Gasteiger charge is 2.15. The van der Waals surface area contributed by atoms with Crippen molar-refractivity contribution in [1.29, 1.82) is 0 Å². The molecule has 1 unspecified atom stereocenters. The first-order chi connectivity index (χ1) is 10.0. The monoisotopic (exact) mass is 370 g/mol. The molecule has 1 atom stereocenters. The highest BCUT2D eigenvalue weighted by molar-refractivity contribution is 9.10. The molecular weight excluding hydrogens is 356 g/mol. The van der Waals surface area contributed by atoms with Crippen molar-refractivity contribution in [2.45, 2.75) is 25.1 Å². The minimum Gasteiger partial charge on any atom is -0.462 e. The van der Waals surface area contributed by atoms with Crippen molar-refractivity contribution in [3.05, 3.63) is 23.8 Å². The van der Waals surface area contributed by atoms with Crippen LogP contribution in [0.4, 0.5) is 5.13 Å². The van der Waals surface area contributed by atoms with Gasteiger partial charge in [-0.2, -0.15) is 0 Å². The summed E-state index contributed by atoms with van der Waals surface area (Å²) in [7, 11) is 0. The average Bonchev–Trinajstić information content (AvgIpc) is 2.87. The van der Waals surface area contributed by atoms with E-state index < -0.39 is 0 Å². The second-order valence-electron chi connectivity index (χ2n) is 4.29. The minimum atomic E-state index is -0.357. The van der Waals surface area contributed by atoms with E-state index in [1.165, 1.54) is 11.3 Å². The SMILES string of the molecule is CCOC(=O)c1ccc2nc(NC(=O)C(Br)CC)sc2c1. The smallest absolute Gasteiger partial charge is 0.338 e. The van der Waals surface area contributed by atoms with Crippen LogP contribution in [0.15, 0.2) is 18.2 Å². The number of nitrogens with one attached hydrogen (secondary N) is 1. The van der Waals surface area contributed by atoms with E-state index in [9.17, 15) is 9.59 Å². The zero-order valence-corrected chi connectivity index (χ0v) is 14.1. The zero-order valence-electron chi connectivity index (χ0n) is 11.7. The molecule has 0 spiro atoms. The summed E-state index contributed by atoms with van der Waals surface area (Å²) < 4.78 is 5.80. The van der Waals surface area contributed by atoms with Crippen LogP contribution in [0.2, 0.25) is 0 Å². The quantitative estimate of drug-likeness (QED) is 0.644. The molecule has 0 aliphatic carbocycles. The molecule has 112 valence electrons. The summed E-state index contributed by atoms with van der Waals surface area (Å²) in [6.07, 6.45) is 0.698. The summed E-state index contributed by atoms with van der Waals surface area (Å²) in [5.74, 6) is -0.480. The summed E-state index contributed by atoms with van der Waals surface area (Å²) in [4.78, 5) is 27.6.